The Morgan fingerprint density at radius 1 is 0.506 bits per heavy atom. The number of anilines is 3. The Bertz CT molecular complexity index is 3780. The highest BCUT2D eigenvalue weighted by Gasteiger charge is 2.41. The van der Waals surface area contributed by atoms with Crippen LogP contribution in [-0.4, -0.2) is 126 Å². The molecule has 0 aromatic heterocycles. The van der Waals surface area contributed by atoms with Gasteiger partial charge in [-0.2, -0.15) is 0 Å². The van der Waals surface area contributed by atoms with E-state index in [1.54, 1.807) is 60.7 Å². The fraction of sp³-hybridized carbons (Fsp3) is 0.180. The molecule has 456 valence electrons. The topological polar surface area (TPSA) is 392 Å². The SMILES string of the molecule is O=C(NC1=NCc2c(ccc(Cl)c2Cl)N1)C(O)O.O=C1NC2=NCc3c(ccc(Cl)c3Cl)N2C1O.O=C1NC2=Nc3ccc(Cl)c(Cl)c3CN2C1O.O=C1NC2=Nc3ccc(Cl)c(Cl)c3CN2C1O.O=CC(=O)NC1=NCc2c(ccc(Cl)c2Cl)N1.[OH3+]. The number of hydrogen-bond donors (Lipinski definition) is 12. The third-order valence-corrected chi connectivity index (χ3v) is 17.0. The molecule has 8 aliphatic heterocycles. The van der Waals surface area contributed by atoms with Crippen molar-refractivity contribution in [3.8, 4) is 0 Å². The van der Waals surface area contributed by atoms with Gasteiger partial charge in [-0.1, -0.05) is 116 Å². The third-order valence-electron chi connectivity index (χ3n) is 12.8. The molecule has 3 saturated heterocycles. The van der Waals surface area contributed by atoms with Gasteiger partial charge in [-0.25, -0.2) is 25.0 Å². The minimum atomic E-state index is -2.09. The second kappa shape index (κ2) is 27.7. The fourth-order valence-electron chi connectivity index (χ4n) is 8.55. The highest BCUT2D eigenvalue weighted by molar-refractivity contribution is 6.45. The van der Waals surface area contributed by atoms with Crippen LogP contribution in [0.15, 0.2) is 85.6 Å². The van der Waals surface area contributed by atoms with Crippen molar-refractivity contribution in [1.82, 2.24) is 36.4 Å². The van der Waals surface area contributed by atoms with Crippen molar-refractivity contribution in [2.75, 3.05) is 15.5 Å². The van der Waals surface area contributed by atoms with E-state index in [-0.39, 0.29) is 36.8 Å². The predicted molar refractivity (Wildman–Crippen MR) is 329 cm³/mol. The molecule has 87 heavy (non-hydrogen) atoms. The maximum atomic E-state index is 11.4. The number of amides is 5. The van der Waals surface area contributed by atoms with Crippen LogP contribution in [0, 0.1) is 0 Å². The van der Waals surface area contributed by atoms with Crippen LogP contribution >= 0.6 is 116 Å². The zero-order chi connectivity index (χ0) is 62.2. The van der Waals surface area contributed by atoms with Crippen LogP contribution in [0.5, 0.6) is 0 Å². The summed E-state index contributed by atoms with van der Waals surface area (Å²) in [5.74, 6) is -1.84. The first-order valence-corrected chi connectivity index (χ1v) is 28.0. The lowest BCUT2D eigenvalue weighted by Crippen LogP contribution is -2.43. The Hall–Kier alpha value is -6.87. The molecule has 5 aromatic carbocycles. The molecular weight excluding hydrogens is 1360 g/mol. The number of aliphatic hydroxyl groups is 5. The van der Waals surface area contributed by atoms with Crippen molar-refractivity contribution in [2.24, 2.45) is 25.0 Å². The molecule has 13 rings (SSSR count). The standard InChI is InChI=1S/C10H9Cl2N3O3.4C10H7Cl2N3O2.H2O/c11-5-1-2-6-4(7(5)12)3-13-10(14-6)15-8(16)9(17)18;2*11-5-1-2-6-4(7(5)12)3-15-9(17)8(16)14-10(15)13-6;11-5-1-2-6-4(7(5)12)3-13-10-14-8(16)9(17)15(6)10;11-6-1-2-7-5(9(6)12)3-13-10(14-7)15-8(17)4-16;/h1-2,9,17-18H,3H2,(H2,13,14,15,16);3*1-2,9,17H,3H2,(H,13,14,16);1-2,4H,3H2,(H2,13,14,15,17);1H2/p+1. The van der Waals surface area contributed by atoms with Crippen LogP contribution < -0.4 is 42.1 Å². The lowest BCUT2D eigenvalue weighted by Gasteiger charge is -2.27. The minimum Gasteiger partial charge on any atom is -0.457 e. The van der Waals surface area contributed by atoms with Crippen LogP contribution in [0.2, 0.25) is 50.2 Å². The molecule has 8 aliphatic rings. The molecule has 0 aliphatic carbocycles. The molecule has 27 nitrogen and oxygen atoms in total. The van der Waals surface area contributed by atoms with Crippen LogP contribution in [0.25, 0.3) is 0 Å². The van der Waals surface area contributed by atoms with Gasteiger partial charge in [0.05, 0.1) is 100 Å². The van der Waals surface area contributed by atoms with Crippen molar-refractivity contribution in [1.29, 1.82) is 0 Å². The van der Waals surface area contributed by atoms with E-state index < -0.39 is 54.5 Å². The number of aldehydes is 1. The van der Waals surface area contributed by atoms with E-state index >= 15 is 0 Å². The summed E-state index contributed by atoms with van der Waals surface area (Å²) in [4.78, 5) is 91.0. The summed E-state index contributed by atoms with van der Waals surface area (Å²) in [5.41, 5.74) is 6.90. The smallest absolute Gasteiger partial charge is 0.290 e. The molecule has 8 heterocycles. The van der Waals surface area contributed by atoms with Gasteiger partial charge < -0.3 is 51.4 Å². The van der Waals surface area contributed by atoms with E-state index in [2.05, 4.69) is 62.2 Å². The summed E-state index contributed by atoms with van der Waals surface area (Å²) in [6.07, 6.45) is -5.64. The molecule has 0 bridgehead atoms. The Balaban J connectivity index is 0.000000141. The summed E-state index contributed by atoms with van der Waals surface area (Å²) in [6, 6.07) is 16.8. The number of nitrogens with one attached hydrogen (secondary N) is 7. The van der Waals surface area contributed by atoms with Gasteiger partial charge in [-0.05, 0) is 60.7 Å². The van der Waals surface area contributed by atoms with E-state index in [1.807, 2.05) is 0 Å². The average Bonchev–Trinajstić information content (AvgIpc) is 1.80. The zero-order valence-corrected chi connectivity index (χ0v) is 50.9. The number of hydrogen-bond acceptors (Lipinski definition) is 21. The number of carbonyl (C=O) groups is 6. The fourth-order valence-corrected chi connectivity index (χ4v) is 10.5. The number of fused-ring (bicyclic) bond motifs is 9. The molecule has 5 aromatic rings. The van der Waals surface area contributed by atoms with E-state index in [0.29, 0.717) is 138 Å². The molecule has 3 unspecified atom stereocenters. The summed E-state index contributed by atoms with van der Waals surface area (Å²) >= 11 is 59.7. The Morgan fingerprint density at radius 2 is 0.885 bits per heavy atom. The second-order valence-electron chi connectivity index (χ2n) is 18.1. The van der Waals surface area contributed by atoms with Crippen molar-refractivity contribution < 1.29 is 59.8 Å². The second-order valence-corrected chi connectivity index (χ2v) is 22.1. The highest BCUT2D eigenvalue weighted by atomic mass is 35.5. The first-order valence-electron chi connectivity index (χ1n) is 24.3. The molecule has 0 saturated carbocycles. The first kappa shape index (κ1) is 66.1. The minimum absolute atomic E-state index is 0. The van der Waals surface area contributed by atoms with Crippen molar-refractivity contribution >= 4 is 210 Å². The van der Waals surface area contributed by atoms with Crippen molar-refractivity contribution in [3.05, 3.63) is 139 Å². The van der Waals surface area contributed by atoms with Gasteiger partial charge in [0, 0.05) is 39.2 Å². The molecular formula is C50H40Cl10N15O12+. The van der Waals surface area contributed by atoms with E-state index in [1.165, 1.54) is 14.7 Å². The molecule has 15 N–H and O–H groups in total. The van der Waals surface area contributed by atoms with E-state index in [4.69, 9.17) is 126 Å². The molecule has 0 radical (unpaired) electrons. The number of aliphatic hydroxyl groups excluding tert-OH is 4. The zero-order valence-electron chi connectivity index (χ0n) is 43.3. The number of benzene rings is 5. The van der Waals surface area contributed by atoms with Gasteiger partial charge in [0.25, 0.3) is 29.5 Å². The molecule has 0 spiro atoms. The molecule has 3 fully saturated rings. The van der Waals surface area contributed by atoms with Crippen LogP contribution in [0.4, 0.5) is 28.4 Å². The van der Waals surface area contributed by atoms with E-state index in [9.17, 15) is 44.1 Å². The average molecular weight is 1400 g/mol. The van der Waals surface area contributed by atoms with Crippen LogP contribution in [0.1, 0.15) is 27.8 Å². The van der Waals surface area contributed by atoms with Gasteiger partial charge in [0.15, 0.2) is 0 Å². The molecule has 5 amide bonds. The summed E-state index contributed by atoms with van der Waals surface area (Å²) in [7, 11) is 0. The quantitative estimate of drug-likeness (QED) is 0.0480. The Kier molecular flexibility index (Phi) is 21.0. The normalized spacial score (nSPS) is 18.2. The number of aliphatic imine (C=N–C) groups is 5. The molecule has 37 heteroatoms. The molecule has 3 atom stereocenters. The maximum absolute atomic E-state index is 11.4. The lowest BCUT2D eigenvalue weighted by molar-refractivity contribution is -0.145. The predicted octanol–water partition coefficient (Wildman–Crippen LogP) is 4.98. The van der Waals surface area contributed by atoms with E-state index in [0.717, 1.165) is 5.56 Å². The van der Waals surface area contributed by atoms with Crippen molar-refractivity contribution in [2.45, 2.75) is 57.7 Å². The van der Waals surface area contributed by atoms with Gasteiger partial charge in [0.1, 0.15) is 0 Å². The lowest BCUT2D eigenvalue weighted by atomic mass is 10.1. The Morgan fingerprint density at radius 3 is 1.33 bits per heavy atom. The number of nitrogens with zero attached hydrogens (tertiary/aromatic N) is 8. The summed E-state index contributed by atoms with van der Waals surface area (Å²) < 4.78 is 0. The highest BCUT2D eigenvalue weighted by Crippen LogP contribution is 2.41. The monoisotopic (exact) mass is 1390 g/mol. The van der Waals surface area contributed by atoms with Crippen LogP contribution in [0.3, 0.4) is 0 Å². The first-order chi connectivity index (χ1) is 40.8. The van der Waals surface area contributed by atoms with Gasteiger partial charge in [0.2, 0.25) is 61.1 Å². The number of rotatable bonds is 2. The number of halogens is 10. The van der Waals surface area contributed by atoms with Gasteiger partial charge >= 0.3 is 0 Å². The maximum Gasteiger partial charge on any atom is 0.290 e. The summed E-state index contributed by atoms with van der Waals surface area (Å²) in [5, 5.41) is 68.2. The third kappa shape index (κ3) is 14.0. The van der Waals surface area contributed by atoms with Crippen LogP contribution in [-0.2, 0) is 67.0 Å². The van der Waals surface area contributed by atoms with Gasteiger partial charge in [-0.15, -0.1) is 0 Å². The van der Waals surface area contributed by atoms with Crippen molar-refractivity contribution in [3.63, 3.8) is 0 Å². The number of carbonyl (C=O) groups excluding carboxylic acids is 6. The number of guanidine groups is 5. The Labute approximate surface area is 539 Å². The van der Waals surface area contributed by atoms with Gasteiger partial charge in [-0.3, -0.25) is 60.3 Å². The summed E-state index contributed by atoms with van der Waals surface area (Å²) in [6.45, 7) is 1.45. The largest absolute Gasteiger partial charge is 0.457 e.